The largest absolute Gasteiger partial charge is 0.329 e. The Hall–Kier alpha value is -2.64. The van der Waals surface area contributed by atoms with E-state index in [1.54, 1.807) is 0 Å². The number of benzene rings is 2. The number of nitriles is 1. The van der Waals surface area contributed by atoms with E-state index in [-0.39, 0.29) is 12.6 Å². The molecule has 0 spiro atoms. The Morgan fingerprint density at radius 3 is 2.57 bits per heavy atom. The monoisotopic (exact) mass is 276 g/mol. The van der Waals surface area contributed by atoms with Crippen molar-refractivity contribution in [1.82, 2.24) is 14.9 Å². The van der Waals surface area contributed by atoms with Gasteiger partial charge in [0.25, 0.3) is 0 Å². The summed E-state index contributed by atoms with van der Waals surface area (Å²) in [5.74, 6) is 0.914. The van der Waals surface area contributed by atoms with Crippen LogP contribution in [-0.4, -0.2) is 16.1 Å². The predicted octanol–water partition coefficient (Wildman–Crippen LogP) is 2.78. The lowest BCUT2D eigenvalue weighted by molar-refractivity contribution is 0.599. The molecule has 1 heterocycles. The second-order valence-corrected chi connectivity index (χ2v) is 4.90. The zero-order valence-corrected chi connectivity index (χ0v) is 11.8. The van der Waals surface area contributed by atoms with Gasteiger partial charge in [-0.05, 0) is 17.7 Å². The second-order valence-electron chi connectivity index (χ2n) is 4.90. The van der Waals surface area contributed by atoms with Crippen LogP contribution in [0.2, 0.25) is 0 Å². The summed E-state index contributed by atoms with van der Waals surface area (Å²) >= 11 is 0. The summed E-state index contributed by atoms with van der Waals surface area (Å²) < 4.78 is 2.08. The van der Waals surface area contributed by atoms with Crippen molar-refractivity contribution in [3.8, 4) is 6.07 Å². The summed E-state index contributed by atoms with van der Waals surface area (Å²) in [6.45, 7) is 0.281. The third-order valence-corrected chi connectivity index (χ3v) is 3.60. The standard InChI is InChI=1S/C17H16N4/c1-21-15-10-6-5-9-14(15)20-17(21)16(19-12-11-18)13-7-3-2-4-8-13/h2-10,16,19H,12H2,1H3/t16-/m0/s1. The zero-order valence-electron chi connectivity index (χ0n) is 11.8. The fourth-order valence-corrected chi connectivity index (χ4v) is 2.57. The molecule has 2 aromatic carbocycles. The first kappa shape index (κ1) is 13.3. The molecule has 104 valence electrons. The predicted molar refractivity (Wildman–Crippen MR) is 82.6 cm³/mol. The van der Waals surface area contributed by atoms with E-state index >= 15 is 0 Å². The molecule has 0 amide bonds. The molecular weight excluding hydrogens is 260 g/mol. The third kappa shape index (κ3) is 2.51. The third-order valence-electron chi connectivity index (χ3n) is 3.60. The summed E-state index contributed by atoms with van der Waals surface area (Å²) in [6.07, 6.45) is 0. The van der Waals surface area contributed by atoms with Crippen molar-refractivity contribution in [1.29, 1.82) is 5.26 Å². The lowest BCUT2D eigenvalue weighted by atomic mass is 10.1. The lowest BCUT2D eigenvalue weighted by Gasteiger charge is -2.17. The smallest absolute Gasteiger partial charge is 0.131 e. The highest BCUT2D eigenvalue weighted by Crippen LogP contribution is 2.24. The van der Waals surface area contributed by atoms with Crippen molar-refractivity contribution in [3.05, 3.63) is 66.0 Å². The number of rotatable bonds is 4. The number of para-hydroxylation sites is 2. The molecule has 0 unspecified atom stereocenters. The van der Waals surface area contributed by atoms with Crippen molar-refractivity contribution in [2.75, 3.05) is 6.54 Å². The number of nitrogens with one attached hydrogen (secondary N) is 1. The van der Waals surface area contributed by atoms with Gasteiger partial charge in [-0.3, -0.25) is 5.32 Å². The zero-order chi connectivity index (χ0) is 14.7. The molecule has 0 saturated heterocycles. The summed E-state index contributed by atoms with van der Waals surface area (Å²) in [6, 6.07) is 20.2. The van der Waals surface area contributed by atoms with Crippen LogP contribution < -0.4 is 5.32 Å². The van der Waals surface area contributed by atoms with Crippen LogP contribution in [0, 0.1) is 11.3 Å². The van der Waals surface area contributed by atoms with E-state index in [1.165, 1.54) is 0 Å². The molecule has 3 rings (SSSR count). The van der Waals surface area contributed by atoms with Gasteiger partial charge in [0.1, 0.15) is 5.82 Å². The van der Waals surface area contributed by atoms with Crippen LogP contribution in [-0.2, 0) is 7.05 Å². The highest BCUT2D eigenvalue weighted by atomic mass is 15.1. The Morgan fingerprint density at radius 2 is 1.86 bits per heavy atom. The molecular formula is C17H16N4. The Bertz CT molecular complexity index is 783. The Kier molecular flexibility index (Phi) is 3.67. The number of imidazole rings is 1. The van der Waals surface area contributed by atoms with Crippen LogP contribution in [0.25, 0.3) is 11.0 Å². The topological polar surface area (TPSA) is 53.6 Å². The number of hydrogen-bond acceptors (Lipinski definition) is 3. The van der Waals surface area contributed by atoms with Gasteiger partial charge in [-0.1, -0.05) is 42.5 Å². The quantitative estimate of drug-likeness (QED) is 0.745. The maximum atomic E-state index is 8.88. The number of nitrogens with zero attached hydrogens (tertiary/aromatic N) is 3. The molecule has 0 radical (unpaired) electrons. The van der Waals surface area contributed by atoms with Gasteiger partial charge in [-0.25, -0.2) is 4.98 Å². The SMILES string of the molecule is Cn1c([C@@H](NCC#N)c2ccccc2)nc2ccccc21. The molecule has 0 aliphatic heterocycles. The van der Waals surface area contributed by atoms with Crippen LogP contribution in [0.5, 0.6) is 0 Å². The minimum absolute atomic E-state index is 0.0942. The molecule has 0 fully saturated rings. The molecule has 1 aromatic heterocycles. The van der Waals surface area contributed by atoms with E-state index in [1.807, 2.05) is 55.6 Å². The molecule has 4 nitrogen and oxygen atoms in total. The molecule has 0 aliphatic rings. The first-order chi connectivity index (χ1) is 10.3. The average Bonchev–Trinajstić information content (AvgIpc) is 2.86. The minimum atomic E-state index is -0.0942. The molecule has 0 saturated carbocycles. The lowest BCUT2D eigenvalue weighted by Crippen LogP contribution is -2.25. The van der Waals surface area contributed by atoms with Gasteiger partial charge in [-0.2, -0.15) is 5.26 Å². The molecule has 3 aromatic rings. The summed E-state index contributed by atoms with van der Waals surface area (Å²) in [5, 5.41) is 12.1. The molecule has 1 N–H and O–H groups in total. The van der Waals surface area contributed by atoms with Crippen LogP contribution in [0.4, 0.5) is 0 Å². The number of aromatic nitrogens is 2. The van der Waals surface area contributed by atoms with Crippen LogP contribution in [0.1, 0.15) is 17.4 Å². The van der Waals surface area contributed by atoms with Gasteiger partial charge < -0.3 is 4.57 Å². The number of fused-ring (bicyclic) bond motifs is 1. The maximum Gasteiger partial charge on any atom is 0.131 e. The van der Waals surface area contributed by atoms with Crippen LogP contribution in [0.3, 0.4) is 0 Å². The summed E-state index contributed by atoms with van der Waals surface area (Å²) in [4.78, 5) is 4.73. The fourth-order valence-electron chi connectivity index (χ4n) is 2.57. The molecule has 0 aliphatic carbocycles. The van der Waals surface area contributed by atoms with Gasteiger partial charge in [-0.15, -0.1) is 0 Å². The van der Waals surface area contributed by atoms with E-state index in [0.717, 1.165) is 22.4 Å². The first-order valence-electron chi connectivity index (χ1n) is 6.88. The van der Waals surface area contributed by atoms with E-state index < -0.39 is 0 Å². The van der Waals surface area contributed by atoms with Gasteiger partial charge in [0.2, 0.25) is 0 Å². The van der Waals surface area contributed by atoms with E-state index in [4.69, 9.17) is 10.2 Å². The number of hydrogen-bond donors (Lipinski definition) is 1. The van der Waals surface area contributed by atoms with E-state index in [2.05, 4.69) is 22.0 Å². The maximum absolute atomic E-state index is 8.88. The molecule has 21 heavy (non-hydrogen) atoms. The van der Waals surface area contributed by atoms with Gasteiger partial charge in [0.05, 0.1) is 29.7 Å². The Morgan fingerprint density at radius 1 is 1.14 bits per heavy atom. The van der Waals surface area contributed by atoms with Crippen molar-refractivity contribution in [3.63, 3.8) is 0 Å². The highest BCUT2D eigenvalue weighted by Gasteiger charge is 2.19. The van der Waals surface area contributed by atoms with Crippen LogP contribution >= 0.6 is 0 Å². The van der Waals surface area contributed by atoms with Gasteiger partial charge >= 0.3 is 0 Å². The molecule has 0 bridgehead atoms. The number of aryl methyl sites for hydroxylation is 1. The van der Waals surface area contributed by atoms with E-state index in [9.17, 15) is 0 Å². The second kappa shape index (κ2) is 5.78. The normalized spacial score (nSPS) is 12.2. The highest BCUT2D eigenvalue weighted by molar-refractivity contribution is 5.76. The van der Waals surface area contributed by atoms with Gasteiger partial charge in [0.15, 0.2) is 0 Å². The minimum Gasteiger partial charge on any atom is -0.329 e. The van der Waals surface area contributed by atoms with Crippen molar-refractivity contribution in [2.24, 2.45) is 7.05 Å². The molecule has 4 heteroatoms. The Labute approximate surface area is 123 Å². The molecule has 1 atom stereocenters. The first-order valence-corrected chi connectivity index (χ1v) is 6.88. The summed E-state index contributed by atoms with van der Waals surface area (Å²) in [5.41, 5.74) is 3.16. The van der Waals surface area contributed by atoms with Crippen molar-refractivity contribution in [2.45, 2.75) is 6.04 Å². The average molecular weight is 276 g/mol. The van der Waals surface area contributed by atoms with E-state index in [0.29, 0.717) is 0 Å². The fraction of sp³-hybridized carbons (Fsp3) is 0.176. The van der Waals surface area contributed by atoms with Gasteiger partial charge in [0, 0.05) is 7.05 Å². The van der Waals surface area contributed by atoms with Crippen molar-refractivity contribution < 1.29 is 0 Å². The van der Waals surface area contributed by atoms with Crippen molar-refractivity contribution >= 4 is 11.0 Å². The Balaban J connectivity index is 2.10. The van der Waals surface area contributed by atoms with Crippen LogP contribution in [0.15, 0.2) is 54.6 Å². The summed E-state index contributed by atoms with van der Waals surface area (Å²) in [7, 11) is 2.01.